The van der Waals surface area contributed by atoms with Gasteiger partial charge in [0.25, 0.3) is 0 Å². The zero-order valence-electron chi connectivity index (χ0n) is 11.6. The number of nitrogens with two attached hydrogens (primary N) is 1. The van der Waals surface area contributed by atoms with Crippen molar-refractivity contribution in [2.45, 2.75) is 32.4 Å². The first kappa shape index (κ1) is 15.9. The molecule has 1 rings (SSSR count). The number of anilines is 1. The molecule has 18 heavy (non-hydrogen) atoms. The van der Waals surface area contributed by atoms with Crippen molar-refractivity contribution in [1.29, 1.82) is 0 Å². The van der Waals surface area contributed by atoms with Gasteiger partial charge in [-0.05, 0) is 65.9 Å². The standard InChI is InChI=1S/C14H23BrN2S/c1-10(7-8-18-4)17(3)14-6-5-12(11(2)16)9-13(14)15/h5-6,9-11H,7-8,16H2,1-4H3/t10?,11-/m0/s1. The van der Waals surface area contributed by atoms with Crippen LogP contribution in [0.25, 0.3) is 0 Å². The zero-order chi connectivity index (χ0) is 13.7. The average molecular weight is 331 g/mol. The van der Waals surface area contributed by atoms with E-state index in [2.05, 4.69) is 59.3 Å². The van der Waals surface area contributed by atoms with E-state index in [-0.39, 0.29) is 6.04 Å². The summed E-state index contributed by atoms with van der Waals surface area (Å²) in [5.74, 6) is 1.20. The molecule has 0 radical (unpaired) electrons. The number of hydrogen-bond donors (Lipinski definition) is 1. The fourth-order valence-electron chi connectivity index (χ4n) is 1.81. The van der Waals surface area contributed by atoms with Crippen molar-refractivity contribution in [3.63, 3.8) is 0 Å². The average Bonchev–Trinajstić information content (AvgIpc) is 2.34. The van der Waals surface area contributed by atoms with Gasteiger partial charge >= 0.3 is 0 Å². The predicted octanol–water partition coefficient (Wildman–Crippen LogP) is 4.05. The van der Waals surface area contributed by atoms with E-state index in [0.717, 1.165) is 10.0 Å². The van der Waals surface area contributed by atoms with Crippen molar-refractivity contribution in [2.75, 3.05) is 24.0 Å². The van der Waals surface area contributed by atoms with Crippen molar-refractivity contribution in [2.24, 2.45) is 5.73 Å². The Morgan fingerprint density at radius 2 is 2.06 bits per heavy atom. The Bertz CT molecular complexity index is 382. The molecular formula is C14H23BrN2S. The minimum absolute atomic E-state index is 0.0783. The third kappa shape index (κ3) is 4.18. The monoisotopic (exact) mass is 330 g/mol. The summed E-state index contributed by atoms with van der Waals surface area (Å²) in [5, 5.41) is 0. The lowest BCUT2D eigenvalue weighted by atomic mass is 10.1. The van der Waals surface area contributed by atoms with Crippen molar-refractivity contribution < 1.29 is 0 Å². The molecule has 1 unspecified atom stereocenters. The minimum atomic E-state index is 0.0783. The van der Waals surface area contributed by atoms with E-state index >= 15 is 0 Å². The van der Waals surface area contributed by atoms with Crippen molar-refractivity contribution >= 4 is 33.4 Å². The summed E-state index contributed by atoms with van der Waals surface area (Å²) < 4.78 is 1.12. The molecule has 0 aliphatic carbocycles. The fourth-order valence-corrected chi connectivity index (χ4v) is 3.06. The molecule has 0 amide bonds. The van der Waals surface area contributed by atoms with Crippen LogP contribution in [0.4, 0.5) is 5.69 Å². The van der Waals surface area contributed by atoms with Crippen LogP contribution in [0.5, 0.6) is 0 Å². The van der Waals surface area contributed by atoms with E-state index < -0.39 is 0 Å². The number of halogens is 1. The summed E-state index contributed by atoms with van der Waals surface area (Å²) >= 11 is 5.55. The van der Waals surface area contributed by atoms with Gasteiger partial charge in [-0.2, -0.15) is 11.8 Å². The van der Waals surface area contributed by atoms with Gasteiger partial charge in [-0.1, -0.05) is 6.07 Å². The van der Waals surface area contributed by atoms with Crippen LogP contribution in [-0.4, -0.2) is 25.1 Å². The summed E-state index contributed by atoms with van der Waals surface area (Å²) in [7, 11) is 2.15. The smallest absolute Gasteiger partial charge is 0.0510 e. The van der Waals surface area contributed by atoms with E-state index in [1.807, 2.05) is 18.7 Å². The number of nitrogens with zero attached hydrogens (tertiary/aromatic N) is 1. The third-order valence-corrected chi connectivity index (χ3v) is 4.56. The molecule has 2 N–H and O–H groups in total. The molecule has 0 fully saturated rings. The van der Waals surface area contributed by atoms with Gasteiger partial charge in [0.1, 0.15) is 0 Å². The predicted molar refractivity (Wildman–Crippen MR) is 87.6 cm³/mol. The molecule has 0 aromatic heterocycles. The molecule has 0 aliphatic heterocycles. The summed E-state index contributed by atoms with van der Waals surface area (Å²) in [6, 6.07) is 7.00. The molecule has 2 atom stereocenters. The van der Waals surface area contributed by atoms with Gasteiger partial charge in [0.2, 0.25) is 0 Å². The van der Waals surface area contributed by atoms with Crippen LogP contribution in [-0.2, 0) is 0 Å². The summed E-state index contributed by atoms with van der Waals surface area (Å²) in [6.45, 7) is 4.27. The Morgan fingerprint density at radius 1 is 1.39 bits per heavy atom. The van der Waals surface area contributed by atoms with Gasteiger partial charge in [0.15, 0.2) is 0 Å². The highest BCUT2D eigenvalue weighted by molar-refractivity contribution is 9.10. The van der Waals surface area contributed by atoms with E-state index in [0.29, 0.717) is 6.04 Å². The second kappa shape index (κ2) is 7.41. The van der Waals surface area contributed by atoms with Gasteiger partial charge < -0.3 is 10.6 Å². The lowest BCUT2D eigenvalue weighted by Crippen LogP contribution is -2.29. The highest BCUT2D eigenvalue weighted by Crippen LogP contribution is 2.30. The topological polar surface area (TPSA) is 29.3 Å². The second-order valence-corrected chi connectivity index (χ2v) is 6.58. The quantitative estimate of drug-likeness (QED) is 0.853. The van der Waals surface area contributed by atoms with Crippen LogP contribution in [0, 0.1) is 0 Å². The van der Waals surface area contributed by atoms with Crippen LogP contribution in [0.3, 0.4) is 0 Å². The molecular weight excluding hydrogens is 308 g/mol. The molecule has 1 aromatic rings. The summed E-state index contributed by atoms with van der Waals surface area (Å²) in [5.41, 5.74) is 8.29. The maximum Gasteiger partial charge on any atom is 0.0510 e. The molecule has 0 heterocycles. The second-order valence-electron chi connectivity index (χ2n) is 4.74. The largest absolute Gasteiger partial charge is 0.371 e. The fraction of sp³-hybridized carbons (Fsp3) is 0.571. The molecule has 4 heteroatoms. The number of rotatable bonds is 6. The Labute approximate surface area is 123 Å². The first-order valence-electron chi connectivity index (χ1n) is 6.24. The van der Waals surface area contributed by atoms with E-state index in [1.54, 1.807) is 0 Å². The molecule has 102 valence electrons. The first-order valence-corrected chi connectivity index (χ1v) is 8.42. The Balaban J connectivity index is 2.82. The molecule has 0 bridgehead atoms. The van der Waals surface area contributed by atoms with Gasteiger partial charge in [-0.25, -0.2) is 0 Å². The Morgan fingerprint density at radius 3 is 2.56 bits per heavy atom. The highest BCUT2D eigenvalue weighted by Gasteiger charge is 2.13. The van der Waals surface area contributed by atoms with Crippen molar-refractivity contribution in [1.82, 2.24) is 0 Å². The lowest BCUT2D eigenvalue weighted by Gasteiger charge is -2.28. The summed E-state index contributed by atoms with van der Waals surface area (Å²) in [4.78, 5) is 2.32. The number of hydrogen-bond acceptors (Lipinski definition) is 3. The van der Waals surface area contributed by atoms with Gasteiger partial charge in [0, 0.05) is 23.6 Å². The van der Waals surface area contributed by atoms with Crippen LogP contribution < -0.4 is 10.6 Å². The Kier molecular flexibility index (Phi) is 6.53. The molecule has 2 nitrogen and oxygen atoms in total. The van der Waals surface area contributed by atoms with Crippen LogP contribution in [0.1, 0.15) is 31.9 Å². The zero-order valence-corrected chi connectivity index (χ0v) is 14.0. The van der Waals surface area contributed by atoms with Crippen LogP contribution in [0.15, 0.2) is 22.7 Å². The van der Waals surface area contributed by atoms with Crippen LogP contribution >= 0.6 is 27.7 Å². The van der Waals surface area contributed by atoms with Crippen molar-refractivity contribution in [3.8, 4) is 0 Å². The van der Waals surface area contributed by atoms with E-state index in [1.165, 1.54) is 17.9 Å². The maximum absolute atomic E-state index is 5.90. The molecule has 0 saturated heterocycles. The van der Waals surface area contributed by atoms with Gasteiger partial charge in [-0.15, -0.1) is 0 Å². The molecule has 0 spiro atoms. The van der Waals surface area contributed by atoms with Crippen molar-refractivity contribution in [3.05, 3.63) is 28.2 Å². The molecule has 0 saturated carbocycles. The normalized spacial score (nSPS) is 14.3. The number of thioether (sulfide) groups is 1. The first-order chi connectivity index (χ1) is 8.47. The number of benzene rings is 1. The molecule has 0 aliphatic rings. The van der Waals surface area contributed by atoms with Gasteiger partial charge in [0.05, 0.1) is 5.69 Å². The Hall–Kier alpha value is -0.190. The highest BCUT2D eigenvalue weighted by atomic mass is 79.9. The van der Waals surface area contributed by atoms with E-state index in [4.69, 9.17) is 5.73 Å². The minimum Gasteiger partial charge on any atom is -0.371 e. The maximum atomic E-state index is 5.90. The van der Waals surface area contributed by atoms with Crippen LogP contribution in [0.2, 0.25) is 0 Å². The summed E-state index contributed by atoms with van der Waals surface area (Å²) in [6.07, 6.45) is 3.35. The molecule has 1 aromatic carbocycles. The van der Waals surface area contributed by atoms with E-state index in [9.17, 15) is 0 Å². The lowest BCUT2D eigenvalue weighted by molar-refractivity contribution is 0.668. The SMILES string of the molecule is CSCCC(C)N(C)c1ccc([C@H](C)N)cc1Br. The van der Waals surface area contributed by atoms with Gasteiger partial charge in [-0.3, -0.25) is 0 Å². The third-order valence-electron chi connectivity index (χ3n) is 3.28.